The Balaban J connectivity index is 1.16. The number of aromatic nitrogens is 2. The first-order valence-corrected chi connectivity index (χ1v) is 12.4. The Morgan fingerprint density at radius 3 is 2.94 bits per heavy atom. The van der Waals surface area contributed by atoms with Crippen LogP contribution in [0.25, 0.3) is 10.2 Å². The summed E-state index contributed by atoms with van der Waals surface area (Å²) in [7, 11) is 0. The van der Waals surface area contributed by atoms with Gasteiger partial charge in [0.2, 0.25) is 5.91 Å². The van der Waals surface area contributed by atoms with E-state index in [1.54, 1.807) is 12.3 Å². The lowest BCUT2D eigenvalue weighted by Gasteiger charge is -2.35. The van der Waals surface area contributed by atoms with E-state index in [-0.39, 0.29) is 17.9 Å². The van der Waals surface area contributed by atoms with Gasteiger partial charge in [0.05, 0.1) is 32.2 Å². The number of thioether (sulfide) groups is 1. The Kier molecular flexibility index (Phi) is 5.85. The number of pyridine rings is 2. The first-order chi connectivity index (χ1) is 15.5. The molecular formula is C22H23N5O3S2. The van der Waals surface area contributed by atoms with E-state index in [1.165, 1.54) is 23.1 Å². The largest absolute Gasteiger partial charge is 0.380 e. The average Bonchev–Trinajstić information content (AvgIpc) is 3.28. The Morgan fingerprint density at radius 2 is 2.09 bits per heavy atom. The summed E-state index contributed by atoms with van der Waals surface area (Å²) in [6.07, 6.45) is 3.81. The highest BCUT2D eigenvalue weighted by atomic mass is 32.2. The minimum atomic E-state index is -1.38. The van der Waals surface area contributed by atoms with Crippen LogP contribution in [0.15, 0.2) is 40.7 Å². The Bertz CT molecular complexity index is 1170. The highest BCUT2D eigenvalue weighted by Gasteiger charge is 2.40. The van der Waals surface area contributed by atoms with Gasteiger partial charge in [0.1, 0.15) is 11.4 Å². The quantitative estimate of drug-likeness (QED) is 0.454. The van der Waals surface area contributed by atoms with Crippen LogP contribution in [0.2, 0.25) is 0 Å². The summed E-state index contributed by atoms with van der Waals surface area (Å²) in [5.41, 5.74) is 0.994. The molecule has 4 N–H and O–H groups in total. The summed E-state index contributed by atoms with van der Waals surface area (Å²) in [5, 5.41) is 22.1. The van der Waals surface area contributed by atoms with Crippen molar-refractivity contribution in [3.8, 4) is 0 Å². The number of aliphatic hydroxyl groups is 1. The molecule has 2 aliphatic rings. The van der Waals surface area contributed by atoms with Gasteiger partial charge in [-0.05, 0) is 55.3 Å². The number of carbonyl (C=O) groups excluding carboxylic acids is 2. The molecule has 10 heteroatoms. The fourth-order valence-corrected chi connectivity index (χ4v) is 5.67. The zero-order chi connectivity index (χ0) is 22.1. The maximum atomic E-state index is 12.9. The number of fused-ring (bicyclic) bond motifs is 2. The minimum Gasteiger partial charge on any atom is -0.380 e. The molecule has 4 heterocycles. The van der Waals surface area contributed by atoms with E-state index >= 15 is 0 Å². The summed E-state index contributed by atoms with van der Waals surface area (Å²) in [5.74, 6) is 0.652. The van der Waals surface area contributed by atoms with Crippen molar-refractivity contribution < 1.29 is 14.7 Å². The van der Waals surface area contributed by atoms with Crippen molar-refractivity contribution in [3.05, 3.63) is 41.5 Å². The molecule has 0 atom stereocenters. The van der Waals surface area contributed by atoms with E-state index in [1.807, 2.05) is 23.6 Å². The number of hydrogen-bond donors (Lipinski definition) is 4. The van der Waals surface area contributed by atoms with Crippen LogP contribution in [-0.4, -0.2) is 44.3 Å². The summed E-state index contributed by atoms with van der Waals surface area (Å²) in [6, 6.07) is 7.81. The second kappa shape index (κ2) is 8.78. The van der Waals surface area contributed by atoms with Crippen LogP contribution in [0.1, 0.15) is 31.4 Å². The van der Waals surface area contributed by atoms with Crippen molar-refractivity contribution in [3.63, 3.8) is 0 Å². The standard InChI is InChI=1S/C22H23N5O3S2/c28-18-12-32-17-2-1-14(25-20(17)27-18)11-24-13-3-7-22(30,8-4-13)21(29)26-16-5-9-23-15-6-10-31-19(15)16/h1-2,5-6,9-10,13,24,30H,3-4,7-8,11-12H2,(H,23,26,29)(H,25,27,28). The highest BCUT2D eigenvalue weighted by Crippen LogP contribution is 2.33. The molecule has 1 aliphatic heterocycles. The van der Waals surface area contributed by atoms with Gasteiger partial charge in [-0.3, -0.25) is 14.6 Å². The minimum absolute atomic E-state index is 0.0310. The molecule has 0 radical (unpaired) electrons. The molecular weight excluding hydrogens is 446 g/mol. The maximum absolute atomic E-state index is 12.9. The van der Waals surface area contributed by atoms with Gasteiger partial charge in [0.15, 0.2) is 0 Å². The van der Waals surface area contributed by atoms with Crippen LogP contribution < -0.4 is 16.0 Å². The number of nitrogens with zero attached hydrogens (tertiary/aromatic N) is 2. The topological polar surface area (TPSA) is 116 Å². The SMILES string of the molecule is O=C1CSc2ccc(CNC3CCC(O)(C(=O)Nc4ccnc5ccsc45)CC3)nc2N1. The highest BCUT2D eigenvalue weighted by molar-refractivity contribution is 8.00. The van der Waals surface area contributed by atoms with Crippen LogP contribution >= 0.6 is 23.1 Å². The second-order valence-electron chi connectivity index (χ2n) is 8.12. The van der Waals surface area contributed by atoms with E-state index in [2.05, 4.69) is 25.9 Å². The van der Waals surface area contributed by atoms with Crippen molar-refractivity contribution >= 4 is 56.6 Å². The predicted octanol–water partition coefficient (Wildman–Crippen LogP) is 3.14. The van der Waals surface area contributed by atoms with Gasteiger partial charge >= 0.3 is 0 Å². The van der Waals surface area contributed by atoms with Gasteiger partial charge in [-0.1, -0.05) is 0 Å². The molecule has 8 nitrogen and oxygen atoms in total. The van der Waals surface area contributed by atoms with Crippen LogP contribution in [-0.2, 0) is 16.1 Å². The van der Waals surface area contributed by atoms with E-state index in [0.717, 1.165) is 20.8 Å². The first-order valence-electron chi connectivity index (χ1n) is 10.5. The number of thiophene rings is 1. The summed E-state index contributed by atoms with van der Waals surface area (Å²) in [4.78, 5) is 34.2. The predicted molar refractivity (Wildman–Crippen MR) is 126 cm³/mol. The maximum Gasteiger partial charge on any atom is 0.256 e. The van der Waals surface area contributed by atoms with Crippen molar-refractivity contribution in [2.45, 2.75) is 48.8 Å². The first kappa shape index (κ1) is 21.3. The summed E-state index contributed by atoms with van der Waals surface area (Å²) in [6.45, 7) is 0.566. The third-order valence-electron chi connectivity index (χ3n) is 5.93. The number of anilines is 2. The van der Waals surface area contributed by atoms with Gasteiger partial charge in [-0.15, -0.1) is 23.1 Å². The smallest absolute Gasteiger partial charge is 0.256 e. The molecule has 2 amide bonds. The molecule has 1 saturated carbocycles. The molecule has 1 aliphatic carbocycles. The molecule has 0 saturated heterocycles. The van der Waals surface area contributed by atoms with Gasteiger partial charge in [0.25, 0.3) is 5.91 Å². The molecule has 32 heavy (non-hydrogen) atoms. The number of carbonyl (C=O) groups is 2. The molecule has 0 bridgehead atoms. The molecule has 5 rings (SSSR count). The third kappa shape index (κ3) is 4.36. The lowest BCUT2D eigenvalue weighted by Crippen LogP contribution is -2.48. The summed E-state index contributed by atoms with van der Waals surface area (Å²) >= 11 is 3.01. The normalized spacial score (nSPS) is 22.9. The molecule has 3 aromatic rings. The van der Waals surface area contributed by atoms with Crippen molar-refractivity contribution in [1.29, 1.82) is 0 Å². The number of nitrogens with one attached hydrogen (secondary N) is 3. The van der Waals surface area contributed by atoms with Crippen molar-refractivity contribution in [2.75, 3.05) is 16.4 Å². The van der Waals surface area contributed by atoms with Crippen LogP contribution in [0, 0.1) is 0 Å². The monoisotopic (exact) mass is 469 g/mol. The van der Waals surface area contributed by atoms with E-state index in [0.29, 0.717) is 49.5 Å². The van der Waals surface area contributed by atoms with E-state index in [4.69, 9.17) is 0 Å². The van der Waals surface area contributed by atoms with Gasteiger partial charge in [-0.2, -0.15) is 0 Å². The van der Waals surface area contributed by atoms with E-state index < -0.39 is 5.60 Å². The number of amides is 2. The van der Waals surface area contributed by atoms with Crippen molar-refractivity contribution in [1.82, 2.24) is 15.3 Å². The fraction of sp³-hybridized carbons (Fsp3) is 0.364. The Labute approximate surface area is 193 Å². The summed E-state index contributed by atoms with van der Waals surface area (Å²) < 4.78 is 0.909. The lowest BCUT2D eigenvalue weighted by molar-refractivity contribution is -0.137. The average molecular weight is 470 g/mol. The second-order valence-corrected chi connectivity index (χ2v) is 10.1. The van der Waals surface area contributed by atoms with Crippen LogP contribution in [0.5, 0.6) is 0 Å². The number of hydrogen-bond acceptors (Lipinski definition) is 8. The molecule has 3 aromatic heterocycles. The molecule has 166 valence electrons. The Morgan fingerprint density at radius 1 is 1.25 bits per heavy atom. The number of rotatable bonds is 5. The third-order valence-corrected chi connectivity index (χ3v) is 7.92. The van der Waals surface area contributed by atoms with Gasteiger partial charge in [-0.25, -0.2) is 4.98 Å². The van der Waals surface area contributed by atoms with Crippen molar-refractivity contribution in [2.24, 2.45) is 0 Å². The molecule has 0 spiro atoms. The zero-order valence-electron chi connectivity index (χ0n) is 17.3. The zero-order valence-corrected chi connectivity index (χ0v) is 18.9. The van der Waals surface area contributed by atoms with Crippen LogP contribution in [0.4, 0.5) is 11.5 Å². The fourth-order valence-electron chi connectivity index (χ4n) is 4.09. The molecule has 1 fully saturated rings. The van der Waals surface area contributed by atoms with Gasteiger partial charge < -0.3 is 21.1 Å². The Hall–Kier alpha value is -2.53. The van der Waals surface area contributed by atoms with Gasteiger partial charge in [0, 0.05) is 18.8 Å². The van der Waals surface area contributed by atoms with Crippen LogP contribution in [0.3, 0.4) is 0 Å². The lowest BCUT2D eigenvalue weighted by atomic mass is 9.81. The van der Waals surface area contributed by atoms with E-state index in [9.17, 15) is 14.7 Å². The molecule has 0 unspecified atom stereocenters. The molecule has 0 aromatic carbocycles.